The lowest BCUT2D eigenvalue weighted by Gasteiger charge is -2.09. The third kappa shape index (κ3) is 1.74. The number of nitrogens with zero attached hydrogens (tertiary/aromatic N) is 2. The van der Waals surface area contributed by atoms with Gasteiger partial charge in [0.1, 0.15) is 0 Å². The molecule has 0 fully saturated rings. The number of ether oxygens (including phenoxy) is 1. The van der Waals surface area contributed by atoms with Crippen LogP contribution in [0.5, 0.6) is 5.75 Å². The zero-order chi connectivity index (χ0) is 10.7. The average Bonchev–Trinajstić information content (AvgIpc) is 2.30. The Morgan fingerprint density at radius 1 is 1.27 bits per heavy atom. The minimum atomic E-state index is 0.598. The predicted molar refractivity (Wildman–Crippen MR) is 58.4 cm³/mol. The van der Waals surface area contributed by atoms with E-state index in [2.05, 4.69) is 9.97 Å². The molecule has 0 aliphatic carbocycles. The van der Waals surface area contributed by atoms with E-state index < -0.39 is 0 Å². The number of hydrogen-bond donors (Lipinski definition) is 1. The predicted octanol–water partition coefficient (Wildman–Crippen LogP) is 1.73. The Morgan fingerprint density at radius 3 is 2.80 bits per heavy atom. The van der Waals surface area contributed by atoms with E-state index in [1.54, 1.807) is 31.8 Å². The Morgan fingerprint density at radius 2 is 2.13 bits per heavy atom. The number of benzene rings is 1. The van der Waals surface area contributed by atoms with E-state index >= 15 is 0 Å². The third-order valence-electron chi connectivity index (χ3n) is 2.09. The second-order valence-corrected chi connectivity index (χ2v) is 3.02. The zero-order valence-electron chi connectivity index (χ0n) is 8.34. The summed E-state index contributed by atoms with van der Waals surface area (Å²) in [6.07, 6.45) is 4.94. The maximum Gasteiger partial charge on any atom is 0.151 e. The van der Waals surface area contributed by atoms with Gasteiger partial charge in [-0.05, 0) is 12.1 Å². The Balaban J connectivity index is 2.58. The summed E-state index contributed by atoms with van der Waals surface area (Å²) in [5, 5.41) is 0. The smallest absolute Gasteiger partial charge is 0.151 e. The van der Waals surface area contributed by atoms with Crippen molar-refractivity contribution in [3.63, 3.8) is 0 Å². The van der Waals surface area contributed by atoms with Crippen molar-refractivity contribution in [2.75, 3.05) is 12.8 Å². The first kappa shape index (κ1) is 9.45. The number of methoxy groups -OCH3 is 1. The van der Waals surface area contributed by atoms with Gasteiger partial charge in [-0.2, -0.15) is 0 Å². The molecule has 0 saturated heterocycles. The van der Waals surface area contributed by atoms with Gasteiger partial charge >= 0.3 is 0 Å². The van der Waals surface area contributed by atoms with Crippen LogP contribution < -0.4 is 10.5 Å². The maximum absolute atomic E-state index is 5.80. The molecule has 76 valence electrons. The number of nitrogens with two attached hydrogens (primary N) is 1. The minimum absolute atomic E-state index is 0.598. The molecule has 1 heterocycles. The molecule has 1 aromatic heterocycles. The lowest BCUT2D eigenvalue weighted by Crippen LogP contribution is -1.95. The van der Waals surface area contributed by atoms with Crippen LogP contribution >= 0.6 is 0 Å². The summed E-state index contributed by atoms with van der Waals surface area (Å²) in [7, 11) is 1.59. The largest absolute Gasteiger partial charge is 0.494 e. The fourth-order valence-corrected chi connectivity index (χ4v) is 1.42. The number of aromatic nitrogens is 2. The zero-order valence-corrected chi connectivity index (χ0v) is 8.34. The third-order valence-corrected chi connectivity index (χ3v) is 2.09. The molecule has 0 spiro atoms. The van der Waals surface area contributed by atoms with Crippen molar-refractivity contribution in [3.05, 3.63) is 36.8 Å². The second kappa shape index (κ2) is 3.96. The number of hydrogen-bond acceptors (Lipinski definition) is 4. The highest BCUT2D eigenvalue weighted by molar-refractivity contribution is 5.74. The Kier molecular flexibility index (Phi) is 2.49. The molecule has 2 aromatic rings. The molecule has 1 aromatic carbocycles. The van der Waals surface area contributed by atoms with E-state index in [1.165, 1.54) is 0 Å². The molecule has 0 atom stereocenters. The van der Waals surface area contributed by atoms with Crippen LogP contribution in [0.2, 0.25) is 0 Å². The first-order valence-electron chi connectivity index (χ1n) is 4.52. The summed E-state index contributed by atoms with van der Waals surface area (Å²) < 4.78 is 5.24. The Hall–Kier alpha value is -2.10. The van der Waals surface area contributed by atoms with Gasteiger partial charge in [-0.15, -0.1) is 0 Å². The highest BCUT2D eigenvalue weighted by Gasteiger charge is 2.09. The van der Waals surface area contributed by atoms with Crippen LogP contribution in [0.3, 0.4) is 0 Å². The monoisotopic (exact) mass is 201 g/mol. The summed E-state index contributed by atoms with van der Waals surface area (Å²) in [5.74, 6) is 0.637. The first-order chi connectivity index (χ1) is 7.33. The van der Waals surface area contributed by atoms with Crippen LogP contribution in [0.25, 0.3) is 11.3 Å². The molecule has 0 unspecified atom stereocenters. The Bertz CT molecular complexity index is 457. The van der Waals surface area contributed by atoms with Gasteiger partial charge in [-0.3, -0.25) is 9.97 Å². The van der Waals surface area contributed by atoms with E-state index in [1.807, 2.05) is 12.1 Å². The molecule has 0 amide bonds. The van der Waals surface area contributed by atoms with Crippen LogP contribution in [0.4, 0.5) is 5.69 Å². The van der Waals surface area contributed by atoms with Crippen LogP contribution in [0.15, 0.2) is 36.8 Å². The molecule has 0 aliphatic rings. The van der Waals surface area contributed by atoms with Crippen LogP contribution in [-0.2, 0) is 0 Å². The molecular weight excluding hydrogens is 190 g/mol. The van der Waals surface area contributed by atoms with Crippen molar-refractivity contribution in [2.45, 2.75) is 0 Å². The number of anilines is 1. The lowest BCUT2D eigenvalue weighted by molar-refractivity contribution is 0.418. The summed E-state index contributed by atoms with van der Waals surface area (Å²) in [5.41, 5.74) is 8.00. The molecule has 2 rings (SSSR count). The van der Waals surface area contributed by atoms with Crippen molar-refractivity contribution in [3.8, 4) is 17.0 Å². The molecule has 2 N–H and O–H groups in total. The quantitative estimate of drug-likeness (QED) is 0.752. The highest BCUT2D eigenvalue weighted by atomic mass is 16.5. The van der Waals surface area contributed by atoms with E-state index in [9.17, 15) is 0 Å². The topological polar surface area (TPSA) is 61.0 Å². The second-order valence-electron chi connectivity index (χ2n) is 3.02. The number of rotatable bonds is 2. The molecule has 0 saturated carbocycles. The van der Waals surface area contributed by atoms with Crippen molar-refractivity contribution in [2.24, 2.45) is 0 Å². The molecule has 15 heavy (non-hydrogen) atoms. The summed E-state index contributed by atoms with van der Waals surface area (Å²) in [4.78, 5) is 8.21. The van der Waals surface area contributed by atoms with Gasteiger partial charge in [0.25, 0.3) is 0 Å². The van der Waals surface area contributed by atoms with Gasteiger partial charge < -0.3 is 10.5 Å². The maximum atomic E-state index is 5.80. The van der Waals surface area contributed by atoms with Gasteiger partial charge in [0.15, 0.2) is 5.75 Å². The van der Waals surface area contributed by atoms with Gasteiger partial charge in [-0.1, -0.05) is 6.07 Å². The van der Waals surface area contributed by atoms with Crippen molar-refractivity contribution < 1.29 is 4.74 Å². The van der Waals surface area contributed by atoms with E-state index in [4.69, 9.17) is 10.5 Å². The SMILES string of the molecule is COc1c(N)cccc1-c1cnccn1. The van der Waals surface area contributed by atoms with Gasteiger partial charge in [0, 0.05) is 18.0 Å². The average molecular weight is 201 g/mol. The van der Waals surface area contributed by atoms with Gasteiger partial charge in [0.2, 0.25) is 0 Å². The standard InChI is InChI=1S/C11H11N3O/c1-15-11-8(3-2-4-9(11)12)10-7-13-5-6-14-10/h2-7H,12H2,1H3. The molecule has 4 heteroatoms. The molecule has 0 aliphatic heterocycles. The Labute approximate surface area is 87.7 Å². The summed E-state index contributed by atoms with van der Waals surface area (Å²) >= 11 is 0. The van der Waals surface area contributed by atoms with E-state index in [-0.39, 0.29) is 0 Å². The van der Waals surface area contributed by atoms with E-state index in [0.29, 0.717) is 11.4 Å². The fourth-order valence-electron chi connectivity index (χ4n) is 1.42. The lowest BCUT2D eigenvalue weighted by atomic mass is 10.1. The summed E-state index contributed by atoms with van der Waals surface area (Å²) in [6, 6.07) is 5.56. The van der Waals surface area contributed by atoms with Crippen molar-refractivity contribution in [1.29, 1.82) is 0 Å². The normalized spacial score (nSPS) is 9.93. The highest BCUT2D eigenvalue weighted by Crippen LogP contribution is 2.32. The molecule has 4 nitrogen and oxygen atoms in total. The van der Waals surface area contributed by atoms with E-state index in [0.717, 1.165) is 11.3 Å². The number of para-hydroxylation sites is 1. The van der Waals surface area contributed by atoms with Gasteiger partial charge in [0.05, 0.1) is 24.7 Å². The first-order valence-corrected chi connectivity index (χ1v) is 4.52. The van der Waals surface area contributed by atoms with Crippen LogP contribution in [0, 0.1) is 0 Å². The number of nitrogen functional groups attached to an aromatic ring is 1. The van der Waals surface area contributed by atoms with Crippen LogP contribution in [0.1, 0.15) is 0 Å². The fraction of sp³-hybridized carbons (Fsp3) is 0.0909. The van der Waals surface area contributed by atoms with Crippen LogP contribution in [-0.4, -0.2) is 17.1 Å². The molecular formula is C11H11N3O. The van der Waals surface area contributed by atoms with Crippen molar-refractivity contribution in [1.82, 2.24) is 9.97 Å². The van der Waals surface area contributed by atoms with Crippen molar-refractivity contribution >= 4 is 5.69 Å². The summed E-state index contributed by atoms with van der Waals surface area (Å²) in [6.45, 7) is 0. The molecule has 0 bridgehead atoms. The minimum Gasteiger partial charge on any atom is -0.494 e. The molecule has 0 radical (unpaired) electrons. The van der Waals surface area contributed by atoms with Gasteiger partial charge in [-0.25, -0.2) is 0 Å².